The first kappa shape index (κ1) is 19.4. The maximum Gasteiger partial charge on any atom is 0.273 e. The van der Waals surface area contributed by atoms with Gasteiger partial charge in [-0.1, -0.05) is 60.3 Å². The molecule has 0 atom stereocenters. The van der Waals surface area contributed by atoms with Crippen molar-refractivity contribution in [2.45, 2.75) is 17.5 Å². The SMILES string of the molecule is O=[N+]([O-])c1ccccc1CSc1nnc(-c2ccc(Br)o2)n1Cc1ccccc1. The molecule has 29 heavy (non-hydrogen) atoms. The average Bonchev–Trinajstić information content (AvgIpc) is 3.33. The number of furan rings is 1. The Kier molecular flexibility index (Phi) is 5.77. The van der Waals surface area contributed by atoms with E-state index in [1.54, 1.807) is 24.3 Å². The second-order valence-corrected chi connectivity index (χ2v) is 7.88. The van der Waals surface area contributed by atoms with Crippen LogP contribution >= 0.6 is 27.7 Å². The fourth-order valence-corrected chi connectivity index (χ4v) is 4.11. The number of rotatable bonds is 7. The van der Waals surface area contributed by atoms with Gasteiger partial charge < -0.3 is 4.42 Å². The van der Waals surface area contributed by atoms with Crippen LogP contribution in [-0.4, -0.2) is 19.7 Å². The molecule has 2 aromatic carbocycles. The number of nitro benzene ring substituents is 1. The molecule has 0 aliphatic rings. The topological polar surface area (TPSA) is 87.0 Å². The molecule has 0 aliphatic carbocycles. The molecule has 0 unspecified atom stereocenters. The van der Waals surface area contributed by atoms with Crippen LogP contribution in [0, 0.1) is 10.1 Å². The Balaban J connectivity index is 1.66. The lowest BCUT2D eigenvalue weighted by Crippen LogP contribution is -2.04. The number of aromatic nitrogens is 3. The second-order valence-electron chi connectivity index (χ2n) is 6.16. The molecule has 0 bridgehead atoms. The van der Waals surface area contributed by atoms with E-state index in [2.05, 4.69) is 26.1 Å². The molecule has 9 heteroatoms. The van der Waals surface area contributed by atoms with E-state index in [1.807, 2.05) is 41.0 Å². The summed E-state index contributed by atoms with van der Waals surface area (Å²) in [5.41, 5.74) is 1.83. The summed E-state index contributed by atoms with van der Waals surface area (Å²) in [6, 6.07) is 20.3. The molecule has 4 aromatic rings. The van der Waals surface area contributed by atoms with Crippen molar-refractivity contribution in [1.82, 2.24) is 14.8 Å². The van der Waals surface area contributed by atoms with Gasteiger partial charge in [-0.3, -0.25) is 14.7 Å². The third-order valence-corrected chi connectivity index (χ3v) is 5.68. The van der Waals surface area contributed by atoms with Gasteiger partial charge in [-0.15, -0.1) is 10.2 Å². The van der Waals surface area contributed by atoms with Crippen molar-refractivity contribution in [3.8, 4) is 11.6 Å². The molecule has 0 spiro atoms. The molecular formula is C20H15BrN4O3S. The average molecular weight is 471 g/mol. The first-order chi connectivity index (χ1) is 14.1. The number of thioether (sulfide) groups is 1. The van der Waals surface area contributed by atoms with E-state index in [4.69, 9.17) is 4.42 Å². The lowest BCUT2D eigenvalue weighted by molar-refractivity contribution is -0.385. The van der Waals surface area contributed by atoms with Crippen LogP contribution in [0.15, 0.2) is 81.0 Å². The number of nitro groups is 1. The lowest BCUT2D eigenvalue weighted by Gasteiger charge is -2.09. The summed E-state index contributed by atoms with van der Waals surface area (Å²) in [5, 5.41) is 20.6. The predicted molar refractivity (Wildman–Crippen MR) is 114 cm³/mol. The van der Waals surface area contributed by atoms with Gasteiger partial charge in [-0.05, 0) is 33.6 Å². The molecule has 0 fully saturated rings. The van der Waals surface area contributed by atoms with Crippen molar-refractivity contribution >= 4 is 33.4 Å². The normalized spacial score (nSPS) is 10.9. The quantitative estimate of drug-likeness (QED) is 0.200. The Labute approximate surface area is 179 Å². The summed E-state index contributed by atoms with van der Waals surface area (Å²) in [4.78, 5) is 10.9. The predicted octanol–water partition coefficient (Wildman–Crippen LogP) is 5.55. The van der Waals surface area contributed by atoms with Crippen LogP contribution in [0.25, 0.3) is 11.6 Å². The van der Waals surface area contributed by atoms with Crippen molar-refractivity contribution in [3.63, 3.8) is 0 Å². The number of hydrogen-bond acceptors (Lipinski definition) is 6. The van der Waals surface area contributed by atoms with Gasteiger partial charge in [0.2, 0.25) is 5.82 Å². The maximum absolute atomic E-state index is 11.3. The van der Waals surface area contributed by atoms with Crippen molar-refractivity contribution in [1.29, 1.82) is 0 Å². The summed E-state index contributed by atoms with van der Waals surface area (Å²) < 4.78 is 8.24. The standard InChI is InChI=1S/C20H15BrN4O3S/c21-18-11-10-17(28-18)19-22-23-20(24(19)12-14-6-2-1-3-7-14)29-13-15-8-4-5-9-16(15)25(26)27/h1-11H,12-13H2. The Bertz CT molecular complexity index is 1140. The molecule has 7 nitrogen and oxygen atoms in total. The smallest absolute Gasteiger partial charge is 0.273 e. The van der Waals surface area contributed by atoms with Crippen LogP contribution in [0.2, 0.25) is 0 Å². The molecule has 4 rings (SSSR count). The Hall–Kier alpha value is -2.91. The van der Waals surface area contributed by atoms with Crippen LogP contribution in [0.1, 0.15) is 11.1 Å². The minimum atomic E-state index is -0.365. The summed E-state index contributed by atoms with van der Waals surface area (Å²) in [7, 11) is 0. The van der Waals surface area contributed by atoms with E-state index in [-0.39, 0.29) is 10.6 Å². The van der Waals surface area contributed by atoms with Gasteiger partial charge in [0.1, 0.15) is 0 Å². The fraction of sp³-hybridized carbons (Fsp3) is 0.100. The largest absolute Gasteiger partial charge is 0.446 e. The fourth-order valence-electron chi connectivity index (χ4n) is 2.87. The summed E-state index contributed by atoms with van der Waals surface area (Å²) >= 11 is 4.72. The van der Waals surface area contributed by atoms with E-state index in [0.29, 0.717) is 39.3 Å². The van der Waals surface area contributed by atoms with E-state index in [1.165, 1.54) is 17.8 Å². The van der Waals surface area contributed by atoms with Crippen LogP contribution in [0.3, 0.4) is 0 Å². The number of halogens is 1. The molecule has 0 saturated heterocycles. The Morgan fingerprint density at radius 2 is 1.79 bits per heavy atom. The number of para-hydroxylation sites is 1. The van der Waals surface area contributed by atoms with E-state index < -0.39 is 0 Å². The number of hydrogen-bond donors (Lipinski definition) is 0. The molecular weight excluding hydrogens is 456 g/mol. The first-order valence-electron chi connectivity index (χ1n) is 8.70. The highest BCUT2D eigenvalue weighted by Gasteiger charge is 2.19. The highest BCUT2D eigenvalue weighted by molar-refractivity contribution is 9.10. The van der Waals surface area contributed by atoms with E-state index >= 15 is 0 Å². The van der Waals surface area contributed by atoms with Crippen molar-refractivity contribution in [2.24, 2.45) is 0 Å². The highest BCUT2D eigenvalue weighted by Crippen LogP contribution is 2.31. The van der Waals surface area contributed by atoms with Crippen molar-refractivity contribution in [2.75, 3.05) is 0 Å². The monoisotopic (exact) mass is 470 g/mol. The minimum absolute atomic E-state index is 0.101. The van der Waals surface area contributed by atoms with Gasteiger partial charge in [-0.25, -0.2) is 0 Å². The maximum atomic E-state index is 11.3. The molecule has 0 N–H and O–H groups in total. The van der Waals surface area contributed by atoms with Gasteiger partial charge in [0.05, 0.1) is 11.5 Å². The summed E-state index contributed by atoms with van der Waals surface area (Å²) in [6.07, 6.45) is 0. The summed E-state index contributed by atoms with van der Waals surface area (Å²) in [5.74, 6) is 1.61. The van der Waals surface area contributed by atoms with Gasteiger partial charge in [0, 0.05) is 17.4 Å². The van der Waals surface area contributed by atoms with E-state index in [0.717, 1.165) is 5.56 Å². The van der Waals surface area contributed by atoms with Gasteiger partial charge in [0.15, 0.2) is 15.6 Å². The zero-order valence-electron chi connectivity index (χ0n) is 15.1. The van der Waals surface area contributed by atoms with Crippen LogP contribution < -0.4 is 0 Å². The minimum Gasteiger partial charge on any atom is -0.446 e. The Morgan fingerprint density at radius 1 is 1.03 bits per heavy atom. The molecule has 146 valence electrons. The third kappa shape index (κ3) is 4.41. The zero-order chi connectivity index (χ0) is 20.2. The first-order valence-corrected chi connectivity index (χ1v) is 10.5. The molecule has 2 aromatic heterocycles. The molecule has 0 amide bonds. The molecule has 0 radical (unpaired) electrons. The van der Waals surface area contributed by atoms with Crippen LogP contribution in [0.5, 0.6) is 0 Å². The highest BCUT2D eigenvalue weighted by atomic mass is 79.9. The summed E-state index contributed by atoms with van der Waals surface area (Å²) in [6.45, 7) is 0.556. The number of benzene rings is 2. The Morgan fingerprint density at radius 3 is 2.52 bits per heavy atom. The molecule has 2 heterocycles. The van der Waals surface area contributed by atoms with E-state index in [9.17, 15) is 10.1 Å². The molecule has 0 saturated carbocycles. The van der Waals surface area contributed by atoms with Gasteiger partial charge >= 0.3 is 0 Å². The lowest BCUT2D eigenvalue weighted by atomic mass is 10.2. The third-order valence-electron chi connectivity index (χ3n) is 4.24. The van der Waals surface area contributed by atoms with Crippen LogP contribution in [0.4, 0.5) is 5.69 Å². The zero-order valence-corrected chi connectivity index (χ0v) is 17.5. The molecule has 0 aliphatic heterocycles. The van der Waals surface area contributed by atoms with Gasteiger partial charge in [0.25, 0.3) is 5.69 Å². The van der Waals surface area contributed by atoms with Crippen molar-refractivity contribution < 1.29 is 9.34 Å². The van der Waals surface area contributed by atoms with Crippen molar-refractivity contribution in [3.05, 3.63) is 92.6 Å². The number of nitrogens with zero attached hydrogens (tertiary/aromatic N) is 4. The van der Waals surface area contributed by atoms with Gasteiger partial charge in [-0.2, -0.15) is 0 Å². The second kappa shape index (κ2) is 8.62. The van der Waals surface area contributed by atoms with Crippen LogP contribution in [-0.2, 0) is 12.3 Å².